The van der Waals surface area contributed by atoms with Gasteiger partial charge in [0, 0.05) is 16.9 Å². The molecule has 0 radical (unpaired) electrons. The summed E-state index contributed by atoms with van der Waals surface area (Å²) in [7, 11) is 1.57. The number of carbonyl (C=O) groups excluding carboxylic acids is 3. The minimum absolute atomic E-state index is 0.0729. The Morgan fingerprint density at radius 2 is 1.54 bits per heavy atom. The molecule has 28 heavy (non-hydrogen) atoms. The maximum absolute atomic E-state index is 12.3. The molecule has 1 aliphatic rings. The lowest BCUT2D eigenvalue weighted by Gasteiger charge is -2.08. The number of hydrogen-bond acceptors (Lipinski definition) is 5. The second-order valence-electron chi connectivity index (χ2n) is 6.74. The van der Waals surface area contributed by atoms with Gasteiger partial charge in [-0.15, -0.1) is 0 Å². The SMILES string of the molecule is COc1ccc(NC(=O)c2ccc(NC(=O)COC(=O)[C@H]3C[C@H]3C)cc2)cc1. The largest absolute Gasteiger partial charge is 0.497 e. The highest BCUT2D eigenvalue weighted by molar-refractivity contribution is 6.04. The molecule has 2 N–H and O–H groups in total. The van der Waals surface area contributed by atoms with E-state index in [1.54, 1.807) is 55.6 Å². The summed E-state index contributed by atoms with van der Waals surface area (Å²) in [6.45, 7) is 1.65. The summed E-state index contributed by atoms with van der Waals surface area (Å²) in [5.41, 5.74) is 1.61. The number of anilines is 2. The number of rotatable bonds is 7. The third-order valence-corrected chi connectivity index (χ3v) is 4.54. The summed E-state index contributed by atoms with van der Waals surface area (Å²) >= 11 is 0. The van der Waals surface area contributed by atoms with Gasteiger partial charge in [0.05, 0.1) is 13.0 Å². The average Bonchev–Trinajstić information content (AvgIpc) is 3.44. The Morgan fingerprint density at radius 3 is 2.11 bits per heavy atom. The fourth-order valence-electron chi connectivity index (χ4n) is 2.67. The molecule has 7 nitrogen and oxygen atoms in total. The van der Waals surface area contributed by atoms with Gasteiger partial charge < -0.3 is 20.1 Å². The first-order valence-electron chi connectivity index (χ1n) is 8.98. The second-order valence-corrected chi connectivity index (χ2v) is 6.74. The number of benzene rings is 2. The van der Waals surface area contributed by atoms with Gasteiger partial charge in [0.25, 0.3) is 11.8 Å². The van der Waals surface area contributed by atoms with Crippen LogP contribution in [-0.4, -0.2) is 31.5 Å². The minimum Gasteiger partial charge on any atom is -0.497 e. The van der Waals surface area contributed by atoms with Crippen LogP contribution < -0.4 is 15.4 Å². The predicted octanol–water partition coefficient (Wildman–Crippen LogP) is 3.09. The van der Waals surface area contributed by atoms with Crippen LogP contribution in [0.15, 0.2) is 48.5 Å². The van der Waals surface area contributed by atoms with Crippen molar-refractivity contribution in [3.63, 3.8) is 0 Å². The zero-order valence-corrected chi connectivity index (χ0v) is 15.7. The van der Waals surface area contributed by atoms with Gasteiger partial charge in [0.1, 0.15) is 5.75 Å². The third kappa shape index (κ3) is 5.09. The molecule has 0 bridgehead atoms. The van der Waals surface area contributed by atoms with Crippen molar-refractivity contribution < 1.29 is 23.9 Å². The Morgan fingerprint density at radius 1 is 0.964 bits per heavy atom. The average molecular weight is 382 g/mol. The van der Waals surface area contributed by atoms with E-state index in [4.69, 9.17) is 9.47 Å². The van der Waals surface area contributed by atoms with Crippen molar-refractivity contribution in [2.75, 3.05) is 24.4 Å². The highest BCUT2D eigenvalue weighted by atomic mass is 16.5. The number of carbonyl (C=O) groups is 3. The van der Waals surface area contributed by atoms with Gasteiger partial charge in [-0.3, -0.25) is 14.4 Å². The zero-order chi connectivity index (χ0) is 20.1. The predicted molar refractivity (Wildman–Crippen MR) is 104 cm³/mol. The molecular weight excluding hydrogens is 360 g/mol. The van der Waals surface area contributed by atoms with Crippen LogP contribution in [0.1, 0.15) is 23.7 Å². The zero-order valence-electron chi connectivity index (χ0n) is 15.7. The molecule has 2 amide bonds. The minimum atomic E-state index is -0.419. The highest BCUT2D eigenvalue weighted by Gasteiger charge is 2.40. The lowest BCUT2D eigenvalue weighted by atomic mass is 10.2. The first-order valence-corrected chi connectivity index (χ1v) is 8.98. The molecule has 146 valence electrons. The van der Waals surface area contributed by atoms with Crippen molar-refractivity contribution in [3.8, 4) is 5.75 Å². The second kappa shape index (κ2) is 8.56. The van der Waals surface area contributed by atoms with E-state index in [-0.39, 0.29) is 24.4 Å². The number of nitrogens with one attached hydrogen (secondary N) is 2. The van der Waals surface area contributed by atoms with E-state index in [2.05, 4.69) is 10.6 Å². The van der Waals surface area contributed by atoms with Crippen LogP contribution in [0.2, 0.25) is 0 Å². The summed E-state index contributed by atoms with van der Waals surface area (Å²) in [6, 6.07) is 13.4. The summed E-state index contributed by atoms with van der Waals surface area (Å²) < 4.78 is 10.1. The van der Waals surface area contributed by atoms with Crippen molar-refractivity contribution in [2.45, 2.75) is 13.3 Å². The van der Waals surface area contributed by atoms with Crippen LogP contribution in [0.3, 0.4) is 0 Å². The maximum atomic E-state index is 12.3. The quantitative estimate of drug-likeness (QED) is 0.718. The standard InChI is InChI=1S/C21H22N2O5/c1-13-11-18(13)21(26)28-12-19(24)22-15-5-3-14(4-6-15)20(25)23-16-7-9-17(27-2)10-8-16/h3-10,13,18H,11-12H2,1-2H3,(H,22,24)(H,23,25)/t13-,18+/m1/s1. The van der Waals surface area contributed by atoms with Gasteiger partial charge in [-0.05, 0) is 60.9 Å². The molecule has 0 spiro atoms. The van der Waals surface area contributed by atoms with Gasteiger partial charge in [0.2, 0.25) is 0 Å². The number of methoxy groups -OCH3 is 1. The van der Waals surface area contributed by atoms with Gasteiger partial charge in [-0.1, -0.05) is 6.92 Å². The first kappa shape index (κ1) is 19.4. The van der Waals surface area contributed by atoms with Crippen LogP contribution in [0.25, 0.3) is 0 Å². The molecule has 0 saturated heterocycles. The molecule has 2 aromatic rings. The summed E-state index contributed by atoms with van der Waals surface area (Å²) in [6.07, 6.45) is 0.820. The molecule has 3 rings (SSSR count). The summed E-state index contributed by atoms with van der Waals surface area (Å²) in [4.78, 5) is 35.8. The molecule has 1 saturated carbocycles. The van der Waals surface area contributed by atoms with Crippen LogP contribution in [0.5, 0.6) is 5.75 Å². The Balaban J connectivity index is 1.48. The molecule has 1 aliphatic carbocycles. The molecule has 2 aromatic carbocycles. The number of hydrogen-bond donors (Lipinski definition) is 2. The van der Waals surface area contributed by atoms with E-state index in [9.17, 15) is 14.4 Å². The van der Waals surface area contributed by atoms with Gasteiger partial charge in [-0.2, -0.15) is 0 Å². The summed E-state index contributed by atoms with van der Waals surface area (Å²) in [5, 5.41) is 5.42. The van der Waals surface area contributed by atoms with E-state index in [0.29, 0.717) is 28.6 Å². The molecule has 0 aliphatic heterocycles. The Kier molecular flexibility index (Phi) is 5.93. The van der Waals surface area contributed by atoms with E-state index >= 15 is 0 Å². The molecule has 0 heterocycles. The highest BCUT2D eigenvalue weighted by Crippen LogP contribution is 2.38. The molecule has 7 heteroatoms. The monoisotopic (exact) mass is 382 g/mol. The van der Waals surface area contributed by atoms with Gasteiger partial charge in [0.15, 0.2) is 6.61 Å². The third-order valence-electron chi connectivity index (χ3n) is 4.54. The lowest BCUT2D eigenvalue weighted by molar-refractivity contribution is -0.148. The van der Waals surface area contributed by atoms with Crippen LogP contribution >= 0.6 is 0 Å². The Hall–Kier alpha value is -3.35. The maximum Gasteiger partial charge on any atom is 0.309 e. The Labute approximate surface area is 163 Å². The smallest absolute Gasteiger partial charge is 0.309 e. The van der Waals surface area contributed by atoms with Crippen LogP contribution in [0.4, 0.5) is 11.4 Å². The van der Waals surface area contributed by atoms with Crippen molar-refractivity contribution >= 4 is 29.2 Å². The van der Waals surface area contributed by atoms with Crippen molar-refractivity contribution in [1.82, 2.24) is 0 Å². The number of amides is 2. The molecule has 0 unspecified atom stereocenters. The lowest BCUT2D eigenvalue weighted by Crippen LogP contribution is -2.21. The van der Waals surface area contributed by atoms with Gasteiger partial charge in [-0.25, -0.2) is 0 Å². The fourth-order valence-corrected chi connectivity index (χ4v) is 2.67. The molecule has 2 atom stereocenters. The molecule has 0 aromatic heterocycles. The van der Waals surface area contributed by atoms with E-state index in [1.165, 1.54) is 0 Å². The van der Waals surface area contributed by atoms with E-state index in [0.717, 1.165) is 6.42 Å². The van der Waals surface area contributed by atoms with E-state index < -0.39 is 5.91 Å². The number of ether oxygens (including phenoxy) is 2. The van der Waals surface area contributed by atoms with Crippen molar-refractivity contribution in [1.29, 1.82) is 0 Å². The molecular formula is C21H22N2O5. The number of esters is 1. The van der Waals surface area contributed by atoms with Gasteiger partial charge >= 0.3 is 5.97 Å². The topological polar surface area (TPSA) is 93.7 Å². The Bertz CT molecular complexity index is 861. The first-order chi connectivity index (χ1) is 13.5. The van der Waals surface area contributed by atoms with Crippen LogP contribution in [-0.2, 0) is 14.3 Å². The van der Waals surface area contributed by atoms with Crippen LogP contribution in [0, 0.1) is 11.8 Å². The van der Waals surface area contributed by atoms with E-state index in [1.807, 2.05) is 6.92 Å². The fraction of sp³-hybridized carbons (Fsp3) is 0.286. The summed E-state index contributed by atoms with van der Waals surface area (Å²) in [5.74, 6) is -0.0419. The van der Waals surface area contributed by atoms with Crippen molar-refractivity contribution in [3.05, 3.63) is 54.1 Å². The molecule has 1 fully saturated rings. The normalized spacial score (nSPS) is 17.4. The van der Waals surface area contributed by atoms with Crippen molar-refractivity contribution in [2.24, 2.45) is 11.8 Å².